The fraction of sp³-hybridized carbons (Fsp3) is 0.984. The summed E-state index contributed by atoms with van der Waals surface area (Å²) in [5.74, 6) is -3.00. The molecule has 2 bridgehead atoms. The van der Waals surface area contributed by atoms with Gasteiger partial charge in [0.05, 0.1) is 61.5 Å². The molecule has 11 fully saturated rings. The molecule has 35 atom stereocenters. The van der Waals surface area contributed by atoms with E-state index in [2.05, 4.69) is 48.5 Å². The van der Waals surface area contributed by atoms with E-state index < -0.39 is 190 Å². The zero-order valence-corrected chi connectivity index (χ0v) is 52.0. The molecule has 0 radical (unpaired) electrons. The first kappa shape index (κ1) is 67.0. The maximum atomic E-state index is 13.4. The lowest BCUT2D eigenvalue weighted by molar-refractivity contribution is -0.389. The van der Waals surface area contributed by atoms with Crippen molar-refractivity contribution in [3.63, 3.8) is 0 Å². The predicted octanol–water partition coefficient (Wildman–Crippen LogP) is -0.440. The van der Waals surface area contributed by atoms with Crippen LogP contribution in [0, 0.1) is 62.1 Å². The van der Waals surface area contributed by atoms with Crippen molar-refractivity contribution in [3.8, 4) is 0 Å². The van der Waals surface area contributed by atoms with Crippen molar-refractivity contribution < 1.29 is 124 Å². The van der Waals surface area contributed by atoms with Gasteiger partial charge in [0, 0.05) is 29.3 Å². The number of aliphatic hydroxyl groups excluding tert-OH is 13. The molecule has 6 aliphatic carbocycles. The van der Waals surface area contributed by atoms with Gasteiger partial charge < -0.3 is 119 Å². The van der Waals surface area contributed by atoms with E-state index in [4.69, 9.17) is 47.4 Å². The Morgan fingerprint density at radius 2 is 1.14 bits per heavy atom. The normalized spacial score (nSPS) is 57.2. The maximum Gasteiger partial charge on any atom is 0.335 e. The van der Waals surface area contributed by atoms with E-state index in [0.717, 1.165) is 44.9 Å². The number of carboxylic acids is 1. The number of carbonyl (C=O) groups is 1. The Balaban J connectivity index is 0.911. The summed E-state index contributed by atoms with van der Waals surface area (Å²) in [7, 11) is 0. The molecular weight excluding hydrogens is 1140 g/mol. The molecule has 11 rings (SSSR count). The van der Waals surface area contributed by atoms with Crippen LogP contribution in [0.4, 0.5) is 0 Å². The number of aliphatic hydroxyl groups is 13. The number of rotatable bonds is 13. The van der Waals surface area contributed by atoms with Crippen LogP contribution in [-0.4, -0.2) is 256 Å². The summed E-state index contributed by atoms with van der Waals surface area (Å²) in [6.07, 6.45) is -32.7. The standard InChI is InChI=1S/C62H102O25/c1-25-26(2)79-54(49(36(25)66)86-52-43(73)40(70)37(67)27(3)80-52)84-46-29(19-28(22-63)38(68)42(46)72)81-47-45(75)48(51(76)77)85-55(50(47)87-53-44(74)41(71)39(69)30(23-64)82-53)83-35-13-14-58(8)31(57(35,6)7)11-15-59(9)32(58)12-16-62-33-20-56(4,5)17-18-61(33,24-78-62)34(65)21-60(59,62)10/h25-50,52-55,63-75H,11-24H2,1-10H3,(H,76,77). The van der Waals surface area contributed by atoms with Gasteiger partial charge in [-0.05, 0) is 124 Å². The molecule has 25 heteroatoms. The highest BCUT2D eigenvalue weighted by Gasteiger charge is 2.80. The molecular formula is C62H102O25. The summed E-state index contributed by atoms with van der Waals surface area (Å²) < 4.78 is 64.4. The molecule has 0 aromatic carbocycles. The first-order valence-electron chi connectivity index (χ1n) is 32.1. The molecule has 11 aliphatic rings. The second-order valence-corrected chi connectivity index (χ2v) is 30.8. The third-order valence-electron chi connectivity index (χ3n) is 25.6. The summed E-state index contributed by atoms with van der Waals surface area (Å²) in [5.41, 5.74) is -2.02. The average Bonchev–Trinajstić information content (AvgIpc) is 1.62. The van der Waals surface area contributed by atoms with Gasteiger partial charge in [-0.3, -0.25) is 0 Å². The zero-order chi connectivity index (χ0) is 63.4. The van der Waals surface area contributed by atoms with Crippen LogP contribution < -0.4 is 0 Å². The quantitative estimate of drug-likeness (QED) is 0.104. The van der Waals surface area contributed by atoms with Crippen molar-refractivity contribution in [3.05, 3.63) is 0 Å². The minimum atomic E-state index is -2.19. The Bertz CT molecular complexity index is 2440. The molecule has 1 spiro atoms. The van der Waals surface area contributed by atoms with Gasteiger partial charge in [-0.25, -0.2) is 4.79 Å². The van der Waals surface area contributed by atoms with Gasteiger partial charge in [-0.2, -0.15) is 0 Å². The lowest BCUT2D eigenvalue weighted by atomic mass is 9.30. The van der Waals surface area contributed by atoms with E-state index in [1.165, 1.54) is 6.92 Å². The molecule has 0 aromatic rings. The van der Waals surface area contributed by atoms with Crippen molar-refractivity contribution >= 4 is 5.97 Å². The molecule has 35 unspecified atom stereocenters. The second-order valence-electron chi connectivity index (χ2n) is 30.8. The van der Waals surface area contributed by atoms with E-state index in [0.29, 0.717) is 25.9 Å². The van der Waals surface area contributed by atoms with Crippen LogP contribution in [0.1, 0.15) is 140 Å². The zero-order valence-electron chi connectivity index (χ0n) is 52.0. The molecule has 500 valence electrons. The number of carboxylic acid groups (broad SMARTS) is 1. The van der Waals surface area contributed by atoms with Gasteiger partial charge in [-0.1, -0.05) is 55.4 Å². The third-order valence-corrected chi connectivity index (χ3v) is 25.6. The first-order chi connectivity index (χ1) is 40.7. The Hall–Kier alpha value is -1.45. The molecule has 5 aliphatic heterocycles. The minimum Gasteiger partial charge on any atom is -0.479 e. The summed E-state index contributed by atoms with van der Waals surface area (Å²) in [4.78, 5) is 13.4. The Morgan fingerprint density at radius 1 is 0.517 bits per heavy atom. The van der Waals surface area contributed by atoms with Gasteiger partial charge in [0.15, 0.2) is 31.3 Å². The number of fused-ring (bicyclic) bond motifs is 4. The van der Waals surface area contributed by atoms with Crippen molar-refractivity contribution in [2.75, 3.05) is 19.8 Å². The highest BCUT2D eigenvalue weighted by molar-refractivity contribution is 5.73. The summed E-state index contributed by atoms with van der Waals surface area (Å²) in [6, 6.07) is 0. The highest BCUT2D eigenvalue weighted by Crippen LogP contribution is 2.80. The van der Waals surface area contributed by atoms with Crippen molar-refractivity contribution in [1.82, 2.24) is 0 Å². The van der Waals surface area contributed by atoms with Crippen molar-refractivity contribution in [2.24, 2.45) is 62.1 Å². The van der Waals surface area contributed by atoms with Gasteiger partial charge >= 0.3 is 5.97 Å². The lowest BCUT2D eigenvalue weighted by Crippen LogP contribution is -2.74. The van der Waals surface area contributed by atoms with Crippen molar-refractivity contribution in [1.29, 1.82) is 0 Å². The Labute approximate surface area is 508 Å². The fourth-order valence-corrected chi connectivity index (χ4v) is 20.0. The predicted molar refractivity (Wildman–Crippen MR) is 299 cm³/mol. The topological polar surface area (TPSA) is 393 Å². The van der Waals surface area contributed by atoms with Gasteiger partial charge in [0.1, 0.15) is 79.4 Å². The Kier molecular flexibility index (Phi) is 18.3. The second kappa shape index (κ2) is 23.8. The summed E-state index contributed by atoms with van der Waals surface area (Å²) in [6.45, 7) is 19.9. The van der Waals surface area contributed by atoms with Crippen LogP contribution in [0.25, 0.3) is 0 Å². The number of hydrogen-bond acceptors (Lipinski definition) is 24. The molecule has 87 heavy (non-hydrogen) atoms. The van der Waals surface area contributed by atoms with E-state index >= 15 is 0 Å². The minimum absolute atomic E-state index is 0.0158. The largest absolute Gasteiger partial charge is 0.479 e. The maximum absolute atomic E-state index is 13.4. The van der Waals surface area contributed by atoms with E-state index in [9.17, 15) is 76.3 Å². The van der Waals surface area contributed by atoms with Crippen LogP contribution in [0.3, 0.4) is 0 Å². The van der Waals surface area contributed by atoms with Gasteiger partial charge in [0.25, 0.3) is 0 Å². The first-order valence-corrected chi connectivity index (χ1v) is 32.1. The smallest absolute Gasteiger partial charge is 0.335 e. The van der Waals surface area contributed by atoms with Crippen LogP contribution >= 0.6 is 0 Å². The fourth-order valence-electron chi connectivity index (χ4n) is 20.0. The van der Waals surface area contributed by atoms with Crippen molar-refractivity contribution in [2.45, 2.75) is 299 Å². The van der Waals surface area contributed by atoms with E-state index in [-0.39, 0.29) is 56.9 Å². The number of aliphatic carboxylic acids is 1. The van der Waals surface area contributed by atoms with Gasteiger partial charge in [0.2, 0.25) is 0 Å². The number of ether oxygens (including phenoxy) is 10. The molecule has 14 N–H and O–H groups in total. The summed E-state index contributed by atoms with van der Waals surface area (Å²) >= 11 is 0. The van der Waals surface area contributed by atoms with E-state index in [1.807, 2.05) is 0 Å². The van der Waals surface area contributed by atoms with Crippen LogP contribution in [0.15, 0.2) is 0 Å². The van der Waals surface area contributed by atoms with E-state index in [1.54, 1.807) is 13.8 Å². The van der Waals surface area contributed by atoms with Crippen LogP contribution in [-0.2, 0) is 52.2 Å². The van der Waals surface area contributed by atoms with Crippen LogP contribution in [0.5, 0.6) is 0 Å². The molecule has 25 nitrogen and oxygen atoms in total. The molecule has 0 aromatic heterocycles. The summed E-state index contributed by atoms with van der Waals surface area (Å²) in [5, 5.41) is 157. The third kappa shape index (κ3) is 10.5. The number of hydrogen-bond donors (Lipinski definition) is 14. The van der Waals surface area contributed by atoms with Gasteiger partial charge in [-0.15, -0.1) is 0 Å². The molecule has 0 amide bonds. The highest BCUT2D eigenvalue weighted by atomic mass is 16.8. The molecule has 5 heterocycles. The molecule has 5 saturated heterocycles. The average molecular weight is 1250 g/mol. The monoisotopic (exact) mass is 1250 g/mol. The van der Waals surface area contributed by atoms with Crippen LogP contribution in [0.2, 0.25) is 0 Å². The Morgan fingerprint density at radius 3 is 1.80 bits per heavy atom. The molecule has 6 saturated carbocycles. The SMILES string of the molecule is CC1OC(OC2C(OC3C(O)C(C(=O)O)OC(OC4CCC5(C)C(CCC6(C)C5CCC57OCC8(CCC(C)(C)CC85)C(O)CC67C)C4(C)C)C3OC3OC(CO)C(O)C(O)C3O)CC(CO)C(O)C2O)C(OC2OC(C)C(O)C(O)C2O)C(O)C1C. The lowest BCUT2D eigenvalue weighted by Gasteiger charge is -2.75.